The Morgan fingerprint density at radius 3 is 2.47 bits per heavy atom. The van der Waals surface area contributed by atoms with Gasteiger partial charge in [-0.25, -0.2) is 0 Å². The number of carboxylic acid groups (broad SMARTS) is 1. The molecule has 1 aliphatic heterocycles. The second-order valence-corrected chi connectivity index (χ2v) is 6.02. The smallest absolute Gasteiger partial charge is 0.321 e. The lowest BCUT2D eigenvalue weighted by Crippen LogP contribution is -2.55. The van der Waals surface area contributed by atoms with E-state index in [1.54, 1.807) is 0 Å². The number of rotatable bonds is 3. The van der Waals surface area contributed by atoms with Crippen molar-refractivity contribution in [1.82, 2.24) is 4.90 Å². The summed E-state index contributed by atoms with van der Waals surface area (Å²) in [5.74, 6) is 0.331. The molecule has 98 valence electrons. The summed E-state index contributed by atoms with van der Waals surface area (Å²) >= 11 is 0. The molecule has 3 heteroatoms. The van der Waals surface area contributed by atoms with Gasteiger partial charge in [-0.1, -0.05) is 26.7 Å². The van der Waals surface area contributed by atoms with Crippen LogP contribution < -0.4 is 0 Å². The zero-order valence-electron chi connectivity index (χ0n) is 11.1. The third-order valence-electron chi connectivity index (χ3n) is 4.53. The summed E-state index contributed by atoms with van der Waals surface area (Å²) in [4.78, 5) is 13.8. The maximum Gasteiger partial charge on any atom is 0.321 e. The number of fused-ring (bicyclic) bond motifs is 1. The van der Waals surface area contributed by atoms with Crippen molar-refractivity contribution in [1.29, 1.82) is 0 Å². The van der Waals surface area contributed by atoms with Gasteiger partial charge in [0.05, 0.1) is 0 Å². The highest BCUT2D eigenvalue weighted by Gasteiger charge is 2.40. The van der Waals surface area contributed by atoms with E-state index in [4.69, 9.17) is 0 Å². The SMILES string of the molecule is CC(C)C(C(=O)O)N1CCC[C@H]2CCCC[C@H]21. The molecule has 0 aromatic heterocycles. The number of piperidine rings is 1. The van der Waals surface area contributed by atoms with Gasteiger partial charge in [0, 0.05) is 6.04 Å². The monoisotopic (exact) mass is 239 g/mol. The minimum absolute atomic E-state index is 0.202. The van der Waals surface area contributed by atoms with Crippen molar-refractivity contribution in [2.24, 2.45) is 11.8 Å². The van der Waals surface area contributed by atoms with E-state index in [0.29, 0.717) is 6.04 Å². The van der Waals surface area contributed by atoms with Crippen LogP contribution in [0.2, 0.25) is 0 Å². The minimum atomic E-state index is -0.633. The van der Waals surface area contributed by atoms with Gasteiger partial charge >= 0.3 is 5.97 Å². The Morgan fingerprint density at radius 2 is 1.82 bits per heavy atom. The molecule has 3 nitrogen and oxygen atoms in total. The Labute approximate surface area is 104 Å². The van der Waals surface area contributed by atoms with Crippen LogP contribution in [0, 0.1) is 11.8 Å². The molecule has 1 unspecified atom stereocenters. The maximum atomic E-state index is 11.5. The highest BCUT2D eigenvalue weighted by atomic mass is 16.4. The van der Waals surface area contributed by atoms with E-state index >= 15 is 0 Å². The average Bonchev–Trinajstić information content (AvgIpc) is 2.28. The first-order valence-corrected chi connectivity index (χ1v) is 7.10. The van der Waals surface area contributed by atoms with E-state index in [9.17, 15) is 9.90 Å². The summed E-state index contributed by atoms with van der Waals surface area (Å²) in [6, 6.07) is 0.266. The van der Waals surface area contributed by atoms with Gasteiger partial charge in [0.25, 0.3) is 0 Å². The van der Waals surface area contributed by atoms with Gasteiger partial charge in [0.1, 0.15) is 6.04 Å². The summed E-state index contributed by atoms with van der Waals surface area (Å²) in [6.45, 7) is 5.05. The minimum Gasteiger partial charge on any atom is -0.480 e. The molecule has 1 heterocycles. The number of nitrogens with zero attached hydrogens (tertiary/aromatic N) is 1. The van der Waals surface area contributed by atoms with E-state index in [0.717, 1.165) is 12.5 Å². The fraction of sp³-hybridized carbons (Fsp3) is 0.929. The first-order chi connectivity index (χ1) is 8.11. The Kier molecular flexibility index (Phi) is 4.08. The van der Waals surface area contributed by atoms with Gasteiger partial charge in [-0.2, -0.15) is 0 Å². The molecule has 0 spiro atoms. The molecule has 1 saturated heterocycles. The molecule has 1 saturated carbocycles. The van der Waals surface area contributed by atoms with E-state index in [-0.39, 0.29) is 12.0 Å². The quantitative estimate of drug-likeness (QED) is 0.823. The van der Waals surface area contributed by atoms with E-state index in [2.05, 4.69) is 4.90 Å². The highest BCUT2D eigenvalue weighted by molar-refractivity contribution is 5.73. The molecule has 0 aromatic rings. The van der Waals surface area contributed by atoms with Crippen molar-refractivity contribution in [2.45, 2.75) is 64.5 Å². The van der Waals surface area contributed by atoms with Gasteiger partial charge in [-0.3, -0.25) is 9.69 Å². The molecule has 2 rings (SSSR count). The summed E-state index contributed by atoms with van der Waals surface area (Å²) in [6.07, 6.45) is 7.63. The predicted octanol–water partition coefficient (Wildman–Crippen LogP) is 2.75. The third kappa shape index (κ3) is 2.65. The van der Waals surface area contributed by atoms with Crippen LogP contribution in [0.25, 0.3) is 0 Å². The Balaban J connectivity index is 2.14. The lowest BCUT2D eigenvalue weighted by molar-refractivity contribution is -0.148. The van der Waals surface area contributed by atoms with Crippen molar-refractivity contribution in [3.05, 3.63) is 0 Å². The van der Waals surface area contributed by atoms with Crippen molar-refractivity contribution < 1.29 is 9.90 Å². The Morgan fingerprint density at radius 1 is 1.18 bits per heavy atom. The van der Waals surface area contributed by atoms with Crippen molar-refractivity contribution in [2.75, 3.05) is 6.54 Å². The first-order valence-electron chi connectivity index (χ1n) is 7.10. The molecule has 2 fully saturated rings. The van der Waals surface area contributed by atoms with E-state index < -0.39 is 5.97 Å². The normalized spacial score (nSPS) is 32.2. The van der Waals surface area contributed by atoms with Crippen LogP contribution in [-0.2, 0) is 4.79 Å². The standard InChI is InChI=1S/C14H25NO2/c1-10(2)13(14(16)17)15-9-5-7-11-6-3-4-8-12(11)15/h10-13H,3-9H2,1-2H3,(H,16,17)/t11-,12-,13?/m1/s1. The predicted molar refractivity (Wildman–Crippen MR) is 67.9 cm³/mol. The van der Waals surface area contributed by atoms with Gasteiger partial charge < -0.3 is 5.11 Å². The first kappa shape index (κ1) is 12.9. The maximum absolute atomic E-state index is 11.5. The summed E-state index contributed by atoms with van der Waals surface area (Å²) in [5.41, 5.74) is 0. The van der Waals surface area contributed by atoms with Gasteiger partial charge in [-0.05, 0) is 44.1 Å². The largest absolute Gasteiger partial charge is 0.480 e. The lowest BCUT2D eigenvalue weighted by atomic mass is 9.77. The van der Waals surface area contributed by atoms with Crippen LogP contribution in [0.3, 0.4) is 0 Å². The fourth-order valence-corrected chi connectivity index (χ4v) is 3.82. The highest BCUT2D eigenvalue weighted by Crippen LogP contribution is 2.37. The molecule has 0 bridgehead atoms. The second kappa shape index (κ2) is 5.38. The van der Waals surface area contributed by atoms with Crippen LogP contribution in [0.5, 0.6) is 0 Å². The third-order valence-corrected chi connectivity index (χ3v) is 4.53. The van der Waals surface area contributed by atoms with Gasteiger partial charge in [0.15, 0.2) is 0 Å². The van der Waals surface area contributed by atoms with Crippen LogP contribution >= 0.6 is 0 Å². The average molecular weight is 239 g/mol. The molecule has 17 heavy (non-hydrogen) atoms. The zero-order valence-corrected chi connectivity index (χ0v) is 11.1. The molecule has 1 aliphatic carbocycles. The van der Waals surface area contributed by atoms with Crippen molar-refractivity contribution in [3.63, 3.8) is 0 Å². The molecule has 1 N–H and O–H groups in total. The fourth-order valence-electron chi connectivity index (χ4n) is 3.82. The molecular weight excluding hydrogens is 214 g/mol. The Hall–Kier alpha value is -0.570. The summed E-state index contributed by atoms with van der Waals surface area (Å²) in [5, 5.41) is 9.44. The van der Waals surface area contributed by atoms with Crippen LogP contribution in [-0.4, -0.2) is 34.6 Å². The summed E-state index contributed by atoms with van der Waals surface area (Å²) in [7, 11) is 0. The number of hydrogen-bond donors (Lipinski definition) is 1. The number of carbonyl (C=O) groups is 1. The van der Waals surface area contributed by atoms with Crippen molar-refractivity contribution in [3.8, 4) is 0 Å². The molecule has 2 aliphatic rings. The molecule has 0 amide bonds. The molecular formula is C14H25NO2. The zero-order chi connectivity index (χ0) is 12.4. The van der Waals surface area contributed by atoms with Crippen LogP contribution in [0.1, 0.15) is 52.4 Å². The van der Waals surface area contributed by atoms with Crippen LogP contribution in [0.4, 0.5) is 0 Å². The summed E-state index contributed by atoms with van der Waals surface area (Å²) < 4.78 is 0. The number of likely N-dealkylation sites (tertiary alicyclic amines) is 1. The number of carboxylic acids is 1. The topological polar surface area (TPSA) is 40.5 Å². The van der Waals surface area contributed by atoms with E-state index in [1.165, 1.54) is 38.5 Å². The van der Waals surface area contributed by atoms with Gasteiger partial charge in [0.2, 0.25) is 0 Å². The molecule has 0 radical (unpaired) electrons. The molecule has 0 aromatic carbocycles. The van der Waals surface area contributed by atoms with Crippen LogP contribution in [0.15, 0.2) is 0 Å². The van der Waals surface area contributed by atoms with Crippen molar-refractivity contribution >= 4 is 5.97 Å². The Bertz CT molecular complexity index is 275. The van der Waals surface area contributed by atoms with E-state index in [1.807, 2.05) is 13.8 Å². The number of hydrogen-bond acceptors (Lipinski definition) is 2. The lowest BCUT2D eigenvalue weighted by Gasteiger charge is -2.47. The molecule has 3 atom stereocenters. The number of aliphatic carboxylic acids is 1. The second-order valence-electron chi connectivity index (χ2n) is 6.02. The van der Waals surface area contributed by atoms with Gasteiger partial charge in [-0.15, -0.1) is 0 Å².